The molecular weight excluding hydrogens is 264 g/mol. The van der Waals surface area contributed by atoms with E-state index in [1.165, 1.54) is 15.3 Å². The van der Waals surface area contributed by atoms with Gasteiger partial charge in [-0.05, 0) is 16.0 Å². The molecule has 0 aromatic carbocycles. The van der Waals surface area contributed by atoms with Gasteiger partial charge in [0.05, 0.1) is 23.9 Å². The maximum Gasteiger partial charge on any atom is 0.276 e. The Kier molecular flexibility index (Phi) is 2.22. The summed E-state index contributed by atoms with van der Waals surface area (Å²) in [6.45, 7) is 2.15. The normalized spacial score (nSPS) is 18.9. The van der Waals surface area contributed by atoms with Gasteiger partial charge in [0.2, 0.25) is 0 Å². The SMILES string of the molecule is C[NH+]1CCc2c(sc3c2c(NN)nc2nnnn23)C1. The molecule has 9 heteroatoms. The third-order valence-electron chi connectivity index (χ3n) is 3.57. The fourth-order valence-corrected chi connectivity index (χ4v) is 4.05. The number of tetrazole rings is 1. The van der Waals surface area contributed by atoms with E-state index in [0.717, 1.165) is 29.7 Å². The van der Waals surface area contributed by atoms with Crippen LogP contribution >= 0.6 is 11.3 Å². The molecular formula is C10H13N8S+. The largest absolute Gasteiger partial charge is 0.333 e. The molecule has 4 rings (SSSR count). The lowest BCUT2D eigenvalue weighted by molar-refractivity contribution is -0.895. The summed E-state index contributed by atoms with van der Waals surface area (Å²) >= 11 is 1.73. The van der Waals surface area contributed by atoms with Gasteiger partial charge in [0.15, 0.2) is 5.82 Å². The van der Waals surface area contributed by atoms with Crippen LogP contribution in [0.25, 0.3) is 16.0 Å². The molecule has 1 atom stereocenters. The van der Waals surface area contributed by atoms with Gasteiger partial charge in [-0.15, -0.1) is 11.3 Å². The van der Waals surface area contributed by atoms with Crippen LogP contribution in [0.2, 0.25) is 0 Å². The molecule has 4 N–H and O–H groups in total. The lowest BCUT2D eigenvalue weighted by Crippen LogP contribution is -3.08. The Bertz CT molecular complexity index is 775. The number of nitrogens with two attached hydrogens (primary N) is 1. The van der Waals surface area contributed by atoms with Crippen molar-refractivity contribution in [1.29, 1.82) is 0 Å². The first-order chi connectivity index (χ1) is 9.28. The van der Waals surface area contributed by atoms with Crippen LogP contribution in [-0.4, -0.2) is 38.6 Å². The highest BCUT2D eigenvalue weighted by Gasteiger charge is 2.25. The average molecular weight is 277 g/mol. The van der Waals surface area contributed by atoms with Crippen LogP contribution in [0.3, 0.4) is 0 Å². The van der Waals surface area contributed by atoms with E-state index in [1.807, 2.05) is 0 Å². The number of likely N-dealkylation sites (N-methyl/N-ethyl adjacent to an activating group) is 1. The van der Waals surface area contributed by atoms with E-state index in [2.05, 4.69) is 33.0 Å². The number of nitrogens with one attached hydrogen (secondary N) is 2. The third-order valence-corrected chi connectivity index (χ3v) is 4.77. The lowest BCUT2D eigenvalue weighted by Gasteiger charge is -2.19. The smallest absolute Gasteiger partial charge is 0.276 e. The van der Waals surface area contributed by atoms with Gasteiger partial charge in [-0.25, -0.2) is 5.84 Å². The van der Waals surface area contributed by atoms with Gasteiger partial charge in [0.25, 0.3) is 5.78 Å². The van der Waals surface area contributed by atoms with Crippen molar-refractivity contribution in [1.82, 2.24) is 25.0 Å². The van der Waals surface area contributed by atoms with Crippen LogP contribution < -0.4 is 16.2 Å². The van der Waals surface area contributed by atoms with Gasteiger partial charge in [-0.1, -0.05) is 5.10 Å². The second kappa shape index (κ2) is 3.83. The van der Waals surface area contributed by atoms with Crippen LogP contribution in [0.1, 0.15) is 10.4 Å². The molecule has 1 unspecified atom stereocenters. The molecule has 4 heterocycles. The van der Waals surface area contributed by atoms with Crippen LogP contribution in [0.5, 0.6) is 0 Å². The van der Waals surface area contributed by atoms with Gasteiger partial charge in [0.1, 0.15) is 11.4 Å². The van der Waals surface area contributed by atoms with Gasteiger partial charge in [-0.2, -0.15) is 9.50 Å². The summed E-state index contributed by atoms with van der Waals surface area (Å²) in [7, 11) is 2.21. The number of thiophene rings is 1. The maximum atomic E-state index is 5.60. The van der Waals surface area contributed by atoms with Gasteiger partial charge >= 0.3 is 0 Å². The first kappa shape index (κ1) is 11.0. The van der Waals surface area contributed by atoms with Gasteiger partial charge in [0, 0.05) is 6.42 Å². The molecule has 0 saturated heterocycles. The van der Waals surface area contributed by atoms with Crippen molar-refractivity contribution >= 4 is 33.1 Å². The van der Waals surface area contributed by atoms with E-state index >= 15 is 0 Å². The van der Waals surface area contributed by atoms with Crippen LogP contribution in [-0.2, 0) is 13.0 Å². The first-order valence-corrected chi connectivity index (χ1v) is 6.90. The second-order valence-electron chi connectivity index (χ2n) is 4.81. The number of nitrogen functional groups attached to an aromatic ring is 1. The summed E-state index contributed by atoms with van der Waals surface area (Å²) in [5.41, 5.74) is 4.02. The number of aromatic nitrogens is 5. The van der Waals surface area contributed by atoms with E-state index in [4.69, 9.17) is 5.84 Å². The molecule has 19 heavy (non-hydrogen) atoms. The molecule has 0 bridgehead atoms. The molecule has 0 amide bonds. The van der Waals surface area contributed by atoms with E-state index in [1.54, 1.807) is 15.9 Å². The van der Waals surface area contributed by atoms with Crippen molar-refractivity contribution in [2.75, 3.05) is 19.0 Å². The molecule has 0 fully saturated rings. The molecule has 0 saturated carbocycles. The Morgan fingerprint density at radius 3 is 3.21 bits per heavy atom. The number of fused-ring (bicyclic) bond motifs is 5. The maximum absolute atomic E-state index is 5.60. The zero-order valence-corrected chi connectivity index (χ0v) is 11.2. The summed E-state index contributed by atoms with van der Waals surface area (Å²) in [6, 6.07) is 0. The van der Waals surface area contributed by atoms with Crippen LogP contribution in [0, 0.1) is 0 Å². The predicted molar refractivity (Wildman–Crippen MR) is 70.9 cm³/mol. The summed E-state index contributed by atoms with van der Waals surface area (Å²) in [5, 5.41) is 12.7. The fraction of sp³-hybridized carbons (Fsp3) is 0.400. The second-order valence-corrected chi connectivity index (χ2v) is 5.90. The van der Waals surface area contributed by atoms with Crippen molar-refractivity contribution in [3.63, 3.8) is 0 Å². The number of rotatable bonds is 1. The summed E-state index contributed by atoms with van der Waals surface area (Å²) in [4.78, 5) is 8.28. The van der Waals surface area contributed by atoms with Crippen molar-refractivity contribution in [2.45, 2.75) is 13.0 Å². The third kappa shape index (κ3) is 1.46. The minimum atomic E-state index is 0.472. The average Bonchev–Trinajstić information content (AvgIpc) is 2.99. The zero-order chi connectivity index (χ0) is 13.0. The summed E-state index contributed by atoms with van der Waals surface area (Å²) in [5.74, 6) is 6.74. The first-order valence-electron chi connectivity index (χ1n) is 6.08. The number of hydrogen-bond donors (Lipinski definition) is 3. The van der Waals surface area contributed by atoms with Crippen molar-refractivity contribution < 1.29 is 4.90 Å². The lowest BCUT2D eigenvalue weighted by atomic mass is 10.1. The monoisotopic (exact) mass is 277 g/mol. The number of quaternary nitrogens is 1. The highest BCUT2D eigenvalue weighted by atomic mass is 32.1. The zero-order valence-electron chi connectivity index (χ0n) is 10.3. The highest BCUT2D eigenvalue weighted by molar-refractivity contribution is 7.19. The van der Waals surface area contributed by atoms with Crippen LogP contribution in [0.15, 0.2) is 0 Å². The number of hydrazine groups is 1. The summed E-state index contributed by atoms with van der Waals surface area (Å²) in [6.07, 6.45) is 1.03. The minimum absolute atomic E-state index is 0.472. The number of nitrogens with zero attached hydrogens (tertiary/aromatic N) is 5. The highest BCUT2D eigenvalue weighted by Crippen LogP contribution is 2.35. The van der Waals surface area contributed by atoms with Crippen molar-refractivity contribution in [2.24, 2.45) is 5.84 Å². The Morgan fingerprint density at radius 2 is 2.37 bits per heavy atom. The molecule has 0 radical (unpaired) electrons. The molecule has 8 nitrogen and oxygen atoms in total. The van der Waals surface area contributed by atoms with E-state index in [9.17, 15) is 0 Å². The molecule has 1 aliphatic heterocycles. The van der Waals surface area contributed by atoms with E-state index < -0.39 is 0 Å². The number of hydrogen-bond acceptors (Lipinski definition) is 7. The molecule has 1 aliphatic rings. The Labute approximate surface area is 112 Å². The van der Waals surface area contributed by atoms with Crippen LogP contribution in [0.4, 0.5) is 5.82 Å². The standard InChI is InChI=1S/C10H12N8S/c1-17-3-2-5-6(4-17)19-9-7(5)8(13-11)12-10-14-15-16-18(9)10/h2-4,11H2,1H3,(H,12,13,14,16)/p+1. The predicted octanol–water partition coefficient (Wildman–Crippen LogP) is -1.41. The van der Waals surface area contributed by atoms with E-state index in [-0.39, 0.29) is 0 Å². The molecule has 3 aromatic rings. The number of anilines is 1. The molecule has 0 spiro atoms. The Hall–Kier alpha value is -1.84. The quantitative estimate of drug-likeness (QED) is 0.373. The Morgan fingerprint density at radius 1 is 1.47 bits per heavy atom. The van der Waals surface area contributed by atoms with Crippen molar-refractivity contribution in [3.05, 3.63) is 10.4 Å². The van der Waals surface area contributed by atoms with Crippen molar-refractivity contribution in [3.8, 4) is 0 Å². The molecule has 3 aromatic heterocycles. The van der Waals surface area contributed by atoms with E-state index in [0.29, 0.717) is 11.6 Å². The Balaban J connectivity index is 2.13. The fourth-order valence-electron chi connectivity index (χ4n) is 2.64. The molecule has 0 aliphatic carbocycles. The summed E-state index contributed by atoms with van der Waals surface area (Å²) < 4.78 is 1.69. The minimum Gasteiger partial charge on any atom is -0.333 e. The van der Waals surface area contributed by atoms with Gasteiger partial charge in [-0.3, -0.25) is 0 Å². The topological polar surface area (TPSA) is 98.5 Å². The molecule has 98 valence electrons. The van der Waals surface area contributed by atoms with Gasteiger partial charge < -0.3 is 10.3 Å².